The third kappa shape index (κ3) is 1.03. The van der Waals surface area contributed by atoms with Gasteiger partial charge in [0.1, 0.15) is 22.4 Å². The predicted octanol–water partition coefficient (Wildman–Crippen LogP) is 0.380. The average molecular weight is 233 g/mol. The highest BCUT2D eigenvalue weighted by molar-refractivity contribution is 7.98. The summed E-state index contributed by atoms with van der Waals surface area (Å²) in [5.74, 6) is -0.0219. The Labute approximate surface area is 93.8 Å². The largest absolute Gasteiger partial charge is 0.380 e. The molecule has 0 spiro atoms. The fourth-order valence-corrected chi connectivity index (χ4v) is 2.24. The van der Waals surface area contributed by atoms with Gasteiger partial charge < -0.3 is 5.73 Å². The Bertz CT molecular complexity index is 737. The molecular formula is C9H7N5OS. The Balaban J connectivity index is 2.67. The van der Waals surface area contributed by atoms with E-state index in [1.54, 1.807) is 4.52 Å². The van der Waals surface area contributed by atoms with E-state index in [0.29, 0.717) is 16.6 Å². The van der Waals surface area contributed by atoms with Crippen LogP contribution >= 0.6 is 11.8 Å². The number of hydrogen-bond donors (Lipinski definition) is 1. The number of anilines is 1. The molecule has 0 fully saturated rings. The number of nitrogen functional groups attached to an aromatic ring is 1. The highest BCUT2D eigenvalue weighted by Crippen LogP contribution is 2.24. The minimum atomic E-state index is -0.342. The standard InChI is InChI=1S/C9H7N5OS/c1-16-5-2-4-7-6(8(15)9(10)13-4)11-3-12-14(5)7/h2-3H,1H3,(H2,10,13). The van der Waals surface area contributed by atoms with E-state index in [4.69, 9.17) is 5.73 Å². The third-order valence-electron chi connectivity index (χ3n) is 2.40. The molecule has 0 atom stereocenters. The lowest BCUT2D eigenvalue weighted by Gasteiger charge is -1.99. The molecule has 0 saturated heterocycles. The van der Waals surface area contributed by atoms with E-state index in [9.17, 15) is 4.79 Å². The maximum atomic E-state index is 11.7. The molecule has 0 aromatic carbocycles. The van der Waals surface area contributed by atoms with Crippen molar-refractivity contribution < 1.29 is 0 Å². The Morgan fingerprint density at radius 1 is 1.50 bits per heavy atom. The first-order valence-corrected chi connectivity index (χ1v) is 5.74. The van der Waals surface area contributed by atoms with Crippen LogP contribution in [-0.4, -0.2) is 25.8 Å². The molecule has 80 valence electrons. The Morgan fingerprint density at radius 3 is 3.06 bits per heavy atom. The second kappa shape index (κ2) is 3.05. The summed E-state index contributed by atoms with van der Waals surface area (Å²) < 4.78 is 1.66. The summed E-state index contributed by atoms with van der Waals surface area (Å²) in [5, 5.41) is 5.00. The predicted molar refractivity (Wildman–Crippen MR) is 61.9 cm³/mol. The highest BCUT2D eigenvalue weighted by atomic mass is 32.2. The first-order chi connectivity index (χ1) is 7.72. The lowest BCUT2D eigenvalue weighted by Crippen LogP contribution is -2.13. The minimum absolute atomic E-state index is 0.0219. The second-order valence-electron chi connectivity index (χ2n) is 3.27. The van der Waals surface area contributed by atoms with Crippen LogP contribution < -0.4 is 11.2 Å². The van der Waals surface area contributed by atoms with Gasteiger partial charge in [-0.15, -0.1) is 11.8 Å². The van der Waals surface area contributed by atoms with Gasteiger partial charge in [-0.3, -0.25) is 4.79 Å². The van der Waals surface area contributed by atoms with Gasteiger partial charge in [-0.2, -0.15) is 5.10 Å². The van der Waals surface area contributed by atoms with E-state index in [1.807, 2.05) is 12.3 Å². The number of pyridine rings is 1. The summed E-state index contributed by atoms with van der Waals surface area (Å²) in [7, 11) is 0. The van der Waals surface area contributed by atoms with Crippen LogP contribution in [0.2, 0.25) is 0 Å². The van der Waals surface area contributed by atoms with Crippen LogP contribution in [0.4, 0.5) is 5.82 Å². The lowest BCUT2D eigenvalue weighted by molar-refractivity contribution is 0.840. The summed E-state index contributed by atoms with van der Waals surface area (Å²) in [5.41, 5.74) is 6.80. The zero-order valence-corrected chi connectivity index (χ0v) is 9.15. The summed E-state index contributed by atoms with van der Waals surface area (Å²) in [6, 6.07) is 1.84. The maximum absolute atomic E-state index is 11.7. The molecule has 0 unspecified atom stereocenters. The summed E-state index contributed by atoms with van der Waals surface area (Å²) in [4.78, 5) is 19.7. The molecule has 0 aliphatic heterocycles. The molecule has 16 heavy (non-hydrogen) atoms. The van der Waals surface area contributed by atoms with Gasteiger partial charge in [0.25, 0.3) is 0 Å². The monoisotopic (exact) mass is 233 g/mol. The molecular weight excluding hydrogens is 226 g/mol. The van der Waals surface area contributed by atoms with E-state index in [2.05, 4.69) is 15.1 Å². The quantitative estimate of drug-likeness (QED) is 0.611. The molecule has 3 aromatic heterocycles. The summed E-state index contributed by atoms with van der Waals surface area (Å²) >= 11 is 1.52. The van der Waals surface area contributed by atoms with Crippen molar-refractivity contribution in [2.75, 3.05) is 12.0 Å². The van der Waals surface area contributed by atoms with Gasteiger partial charge in [-0.1, -0.05) is 0 Å². The van der Waals surface area contributed by atoms with Gasteiger partial charge in [0.2, 0.25) is 5.43 Å². The van der Waals surface area contributed by atoms with Gasteiger partial charge >= 0.3 is 0 Å². The van der Waals surface area contributed by atoms with Gasteiger partial charge in [0, 0.05) is 0 Å². The van der Waals surface area contributed by atoms with Crippen molar-refractivity contribution in [1.29, 1.82) is 0 Å². The molecule has 0 aliphatic carbocycles. The topological polar surface area (TPSA) is 86.2 Å². The van der Waals surface area contributed by atoms with Gasteiger partial charge in [0.05, 0.1) is 5.52 Å². The number of rotatable bonds is 1. The molecule has 0 bridgehead atoms. The smallest absolute Gasteiger partial charge is 0.248 e. The molecule has 0 radical (unpaired) electrons. The first-order valence-electron chi connectivity index (χ1n) is 4.52. The zero-order chi connectivity index (χ0) is 11.3. The number of aromatic nitrogens is 4. The van der Waals surface area contributed by atoms with Crippen LogP contribution in [0, 0.1) is 0 Å². The molecule has 2 N–H and O–H groups in total. The van der Waals surface area contributed by atoms with Crippen LogP contribution in [0.3, 0.4) is 0 Å². The molecule has 3 rings (SSSR count). The molecule has 3 heterocycles. The SMILES string of the molecule is CSc1cc2nc(N)c(=O)c3ncnn1c23. The van der Waals surface area contributed by atoms with Gasteiger partial charge in [0.15, 0.2) is 5.82 Å². The van der Waals surface area contributed by atoms with Crippen molar-refractivity contribution in [3.05, 3.63) is 22.6 Å². The summed E-state index contributed by atoms with van der Waals surface area (Å²) in [6.45, 7) is 0. The second-order valence-corrected chi connectivity index (χ2v) is 4.09. The van der Waals surface area contributed by atoms with Gasteiger partial charge in [-0.25, -0.2) is 14.5 Å². The summed E-state index contributed by atoms with van der Waals surface area (Å²) in [6.07, 6.45) is 3.28. The van der Waals surface area contributed by atoms with Crippen LogP contribution in [0.5, 0.6) is 0 Å². The number of nitrogens with two attached hydrogens (primary N) is 1. The molecule has 0 aliphatic rings. The average Bonchev–Trinajstić information content (AvgIpc) is 2.65. The van der Waals surface area contributed by atoms with E-state index >= 15 is 0 Å². The Kier molecular flexibility index (Phi) is 1.78. The molecule has 0 saturated carbocycles. The fraction of sp³-hybridized carbons (Fsp3) is 0.111. The minimum Gasteiger partial charge on any atom is -0.380 e. The van der Waals surface area contributed by atoms with E-state index in [0.717, 1.165) is 5.03 Å². The van der Waals surface area contributed by atoms with Crippen molar-refractivity contribution in [1.82, 2.24) is 19.6 Å². The Hall–Kier alpha value is -1.89. The van der Waals surface area contributed by atoms with Crippen molar-refractivity contribution in [2.24, 2.45) is 0 Å². The van der Waals surface area contributed by atoms with Crippen molar-refractivity contribution in [3.63, 3.8) is 0 Å². The third-order valence-corrected chi connectivity index (χ3v) is 3.11. The first kappa shape index (κ1) is 9.34. The lowest BCUT2D eigenvalue weighted by atomic mass is 10.3. The number of thioether (sulfide) groups is 1. The van der Waals surface area contributed by atoms with Crippen LogP contribution in [-0.2, 0) is 0 Å². The molecule has 6 nitrogen and oxygen atoms in total. The number of nitrogens with zero attached hydrogens (tertiary/aromatic N) is 4. The van der Waals surface area contributed by atoms with Crippen LogP contribution in [0.1, 0.15) is 0 Å². The van der Waals surface area contributed by atoms with Gasteiger partial charge in [-0.05, 0) is 12.3 Å². The highest BCUT2D eigenvalue weighted by Gasteiger charge is 2.15. The molecule has 0 amide bonds. The van der Waals surface area contributed by atoms with Crippen LogP contribution in [0.25, 0.3) is 16.6 Å². The Morgan fingerprint density at radius 2 is 2.31 bits per heavy atom. The van der Waals surface area contributed by atoms with E-state index < -0.39 is 0 Å². The number of hydrogen-bond acceptors (Lipinski definition) is 6. The van der Waals surface area contributed by atoms with Crippen molar-refractivity contribution in [2.45, 2.75) is 5.03 Å². The molecule has 7 heteroatoms. The van der Waals surface area contributed by atoms with Crippen molar-refractivity contribution >= 4 is 34.1 Å². The fourth-order valence-electron chi connectivity index (χ4n) is 1.70. The van der Waals surface area contributed by atoms with E-state index in [1.165, 1.54) is 18.1 Å². The van der Waals surface area contributed by atoms with Crippen LogP contribution in [0.15, 0.2) is 22.2 Å². The zero-order valence-electron chi connectivity index (χ0n) is 8.34. The maximum Gasteiger partial charge on any atom is 0.248 e. The van der Waals surface area contributed by atoms with E-state index in [-0.39, 0.29) is 11.2 Å². The normalized spacial score (nSPS) is 11.6. The molecule has 3 aromatic rings. The van der Waals surface area contributed by atoms with Crippen molar-refractivity contribution in [3.8, 4) is 0 Å².